The number of primary sulfonamides is 1. The van der Waals surface area contributed by atoms with Crippen LogP contribution in [0.4, 0.5) is 5.69 Å². The zero-order chi connectivity index (χ0) is 23.6. The van der Waals surface area contributed by atoms with Gasteiger partial charge in [-0.2, -0.15) is 0 Å². The van der Waals surface area contributed by atoms with Gasteiger partial charge < -0.3 is 15.6 Å². The molecule has 4 aromatic rings. The van der Waals surface area contributed by atoms with Crippen LogP contribution in [0.3, 0.4) is 0 Å². The standard InChI is InChI=1S/C23H22N4O4S2/c1-14-8-9-16(12-21(14)33(24,30)31)26-22(28)19(27-23(29)20-7-4-10-32-20)11-15-13-25-18-6-3-2-5-17(15)18/h2-10,12-13,19,25H,11H2,1H3,(H,26,28)(H,27,29)(H2,24,30,31). The van der Waals surface area contributed by atoms with Crippen molar-refractivity contribution in [3.05, 3.63) is 82.2 Å². The maximum absolute atomic E-state index is 13.2. The number of carbonyl (C=O) groups is 2. The first-order chi connectivity index (χ1) is 15.7. The van der Waals surface area contributed by atoms with Gasteiger partial charge in [0.1, 0.15) is 6.04 Å². The van der Waals surface area contributed by atoms with Crippen molar-refractivity contribution in [2.45, 2.75) is 24.3 Å². The van der Waals surface area contributed by atoms with E-state index in [4.69, 9.17) is 5.14 Å². The Morgan fingerprint density at radius 1 is 1.12 bits per heavy atom. The number of fused-ring (bicyclic) bond motifs is 1. The molecule has 1 atom stereocenters. The fourth-order valence-corrected chi connectivity index (χ4v) is 5.02. The van der Waals surface area contributed by atoms with Crippen molar-refractivity contribution in [1.82, 2.24) is 10.3 Å². The lowest BCUT2D eigenvalue weighted by molar-refractivity contribution is -0.118. The minimum Gasteiger partial charge on any atom is -0.361 e. The van der Waals surface area contributed by atoms with Crippen LogP contribution in [0.15, 0.2) is 71.1 Å². The number of aryl methyl sites for hydroxylation is 1. The number of sulfonamides is 1. The molecule has 2 aromatic carbocycles. The molecule has 170 valence electrons. The summed E-state index contributed by atoms with van der Waals surface area (Å²) >= 11 is 1.28. The number of thiophene rings is 1. The molecule has 1 unspecified atom stereocenters. The smallest absolute Gasteiger partial charge is 0.262 e. The summed E-state index contributed by atoms with van der Waals surface area (Å²) in [6.45, 7) is 1.62. The van der Waals surface area contributed by atoms with Gasteiger partial charge in [-0.05, 0) is 47.7 Å². The van der Waals surface area contributed by atoms with Gasteiger partial charge >= 0.3 is 0 Å². The summed E-state index contributed by atoms with van der Waals surface area (Å²) in [5.41, 5.74) is 2.53. The first-order valence-corrected chi connectivity index (χ1v) is 12.5. The number of benzene rings is 2. The van der Waals surface area contributed by atoms with E-state index in [1.807, 2.05) is 30.5 Å². The normalized spacial score (nSPS) is 12.4. The summed E-state index contributed by atoms with van der Waals surface area (Å²) in [4.78, 5) is 29.5. The van der Waals surface area contributed by atoms with Gasteiger partial charge in [0.05, 0.1) is 9.77 Å². The van der Waals surface area contributed by atoms with Gasteiger partial charge in [0.25, 0.3) is 5.91 Å². The lowest BCUT2D eigenvalue weighted by Gasteiger charge is -2.18. The number of nitrogens with two attached hydrogens (primary N) is 1. The van der Waals surface area contributed by atoms with E-state index in [-0.39, 0.29) is 22.9 Å². The van der Waals surface area contributed by atoms with Crippen molar-refractivity contribution >= 4 is 49.8 Å². The van der Waals surface area contributed by atoms with E-state index >= 15 is 0 Å². The topological polar surface area (TPSA) is 134 Å². The molecule has 0 saturated heterocycles. The molecule has 5 N–H and O–H groups in total. The fourth-order valence-electron chi connectivity index (χ4n) is 3.58. The molecule has 33 heavy (non-hydrogen) atoms. The van der Waals surface area contributed by atoms with Crippen molar-refractivity contribution in [2.75, 3.05) is 5.32 Å². The number of rotatable bonds is 7. The monoisotopic (exact) mass is 482 g/mol. The highest BCUT2D eigenvalue weighted by Crippen LogP contribution is 2.22. The number of H-pyrrole nitrogens is 1. The van der Waals surface area contributed by atoms with E-state index in [1.165, 1.54) is 17.4 Å². The summed E-state index contributed by atoms with van der Waals surface area (Å²) in [5, 5.41) is 13.5. The summed E-state index contributed by atoms with van der Waals surface area (Å²) in [7, 11) is -3.95. The van der Waals surface area contributed by atoms with Gasteiger partial charge in [0, 0.05) is 29.2 Å². The molecule has 0 radical (unpaired) electrons. The van der Waals surface area contributed by atoms with Crippen LogP contribution >= 0.6 is 11.3 Å². The molecule has 8 nitrogen and oxygen atoms in total. The summed E-state index contributed by atoms with van der Waals surface area (Å²) in [6, 6.07) is 14.7. The number of aromatic amines is 1. The van der Waals surface area contributed by atoms with Crippen LogP contribution in [0.25, 0.3) is 10.9 Å². The van der Waals surface area contributed by atoms with Crippen molar-refractivity contribution < 1.29 is 18.0 Å². The van der Waals surface area contributed by atoms with E-state index < -0.39 is 22.0 Å². The third-order valence-electron chi connectivity index (χ3n) is 5.23. The van der Waals surface area contributed by atoms with Crippen LogP contribution in [0.5, 0.6) is 0 Å². The van der Waals surface area contributed by atoms with Gasteiger partial charge in [0.2, 0.25) is 15.9 Å². The lowest BCUT2D eigenvalue weighted by Crippen LogP contribution is -2.45. The zero-order valence-electron chi connectivity index (χ0n) is 17.7. The Morgan fingerprint density at radius 2 is 1.91 bits per heavy atom. The summed E-state index contributed by atoms with van der Waals surface area (Å²) in [6.07, 6.45) is 2.05. The quantitative estimate of drug-likeness (QED) is 0.322. The molecule has 0 bridgehead atoms. The zero-order valence-corrected chi connectivity index (χ0v) is 19.3. The number of hydrogen-bond acceptors (Lipinski definition) is 5. The first-order valence-electron chi connectivity index (χ1n) is 10.1. The van der Waals surface area contributed by atoms with Crippen LogP contribution in [0.1, 0.15) is 20.8 Å². The number of anilines is 1. The van der Waals surface area contributed by atoms with Crippen molar-refractivity contribution in [2.24, 2.45) is 5.14 Å². The minimum atomic E-state index is -3.95. The molecule has 0 spiro atoms. The van der Waals surface area contributed by atoms with Crippen LogP contribution in [0, 0.1) is 6.92 Å². The van der Waals surface area contributed by atoms with Crippen LogP contribution in [-0.2, 0) is 21.2 Å². The SMILES string of the molecule is Cc1ccc(NC(=O)C(Cc2c[nH]c3ccccc23)NC(=O)c2cccs2)cc1S(N)(=O)=O. The molecule has 2 amide bonds. The molecule has 4 rings (SSSR count). The Bertz CT molecular complexity index is 1430. The fraction of sp³-hybridized carbons (Fsp3) is 0.130. The number of para-hydroxylation sites is 1. The molecule has 0 aliphatic carbocycles. The molecule has 0 saturated carbocycles. The number of hydrogen-bond donors (Lipinski definition) is 4. The molecular weight excluding hydrogens is 460 g/mol. The lowest BCUT2D eigenvalue weighted by atomic mass is 10.0. The third kappa shape index (κ3) is 5.14. The Kier molecular flexibility index (Phi) is 6.32. The molecule has 0 aliphatic heterocycles. The average molecular weight is 483 g/mol. The second kappa shape index (κ2) is 9.18. The second-order valence-electron chi connectivity index (χ2n) is 7.58. The molecule has 2 heterocycles. The van der Waals surface area contributed by atoms with Gasteiger partial charge in [-0.1, -0.05) is 30.3 Å². The van der Waals surface area contributed by atoms with E-state index in [0.29, 0.717) is 10.4 Å². The summed E-state index contributed by atoms with van der Waals surface area (Å²) < 4.78 is 23.7. The van der Waals surface area contributed by atoms with E-state index in [9.17, 15) is 18.0 Å². The predicted octanol–water partition coefficient (Wildman–Crippen LogP) is 3.17. The summed E-state index contributed by atoms with van der Waals surface area (Å²) in [5.74, 6) is -0.839. The highest BCUT2D eigenvalue weighted by atomic mass is 32.2. The Balaban J connectivity index is 1.62. The Hall–Kier alpha value is -3.47. The second-order valence-corrected chi connectivity index (χ2v) is 10.1. The van der Waals surface area contributed by atoms with Crippen LogP contribution in [-0.4, -0.2) is 31.3 Å². The molecule has 0 fully saturated rings. The molecular formula is C23H22N4O4S2. The molecule has 10 heteroatoms. The number of carbonyl (C=O) groups excluding carboxylic acids is 2. The Morgan fingerprint density at radius 3 is 2.64 bits per heavy atom. The molecule has 0 aliphatic rings. The van der Waals surface area contributed by atoms with Gasteiger partial charge in [-0.15, -0.1) is 11.3 Å². The van der Waals surface area contributed by atoms with Crippen LogP contribution < -0.4 is 15.8 Å². The molecule has 2 aromatic heterocycles. The van der Waals surface area contributed by atoms with E-state index in [0.717, 1.165) is 16.5 Å². The highest BCUT2D eigenvalue weighted by Gasteiger charge is 2.24. The van der Waals surface area contributed by atoms with Crippen molar-refractivity contribution in [3.63, 3.8) is 0 Å². The number of aromatic nitrogens is 1. The predicted molar refractivity (Wildman–Crippen MR) is 129 cm³/mol. The number of amides is 2. The maximum atomic E-state index is 13.2. The maximum Gasteiger partial charge on any atom is 0.262 e. The van der Waals surface area contributed by atoms with E-state index in [1.54, 1.807) is 36.6 Å². The Labute approximate surface area is 194 Å². The van der Waals surface area contributed by atoms with Crippen LogP contribution in [0.2, 0.25) is 0 Å². The van der Waals surface area contributed by atoms with Crippen molar-refractivity contribution in [3.8, 4) is 0 Å². The average Bonchev–Trinajstić information content (AvgIpc) is 3.44. The number of nitrogens with one attached hydrogen (secondary N) is 3. The van der Waals surface area contributed by atoms with Crippen molar-refractivity contribution in [1.29, 1.82) is 0 Å². The third-order valence-corrected chi connectivity index (χ3v) is 7.15. The van der Waals surface area contributed by atoms with E-state index in [2.05, 4.69) is 15.6 Å². The minimum absolute atomic E-state index is 0.0731. The first kappa shape index (κ1) is 22.7. The van der Waals surface area contributed by atoms with Gasteiger partial charge in [0.15, 0.2) is 0 Å². The van der Waals surface area contributed by atoms with Gasteiger partial charge in [-0.3, -0.25) is 9.59 Å². The largest absolute Gasteiger partial charge is 0.361 e. The van der Waals surface area contributed by atoms with Gasteiger partial charge in [-0.25, -0.2) is 13.6 Å². The highest BCUT2D eigenvalue weighted by molar-refractivity contribution is 7.89.